The summed E-state index contributed by atoms with van der Waals surface area (Å²) in [7, 11) is 3.42. The number of benzene rings is 1. The highest BCUT2D eigenvalue weighted by molar-refractivity contribution is 7.80. The number of rotatable bonds is 7. The van der Waals surface area contributed by atoms with Crippen LogP contribution in [-0.4, -0.2) is 43.4 Å². The van der Waals surface area contributed by atoms with E-state index in [-0.39, 0.29) is 0 Å². The van der Waals surface area contributed by atoms with Gasteiger partial charge in [0.15, 0.2) is 5.11 Å². The molecule has 122 valence electrons. The molecule has 0 saturated heterocycles. The van der Waals surface area contributed by atoms with Crippen molar-refractivity contribution in [1.29, 1.82) is 0 Å². The summed E-state index contributed by atoms with van der Waals surface area (Å²) in [6.45, 7) is 2.19. The molecule has 1 saturated carbocycles. The molecule has 0 heterocycles. The molecule has 1 aromatic carbocycles. The molecule has 1 aliphatic carbocycles. The molecular weight excluding hydrogens is 296 g/mol. The average Bonchev–Trinajstić information content (AvgIpc) is 3.07. The quantitative estimate of drug-likeness (QED) is 0.616. The van der Waals surface area contributed by atoms with Crippen LogP contribution in [0.15, 0.2) is 24.3 Å². The lowest BCUT2D eigenvalue weighted by atomic mass is 10.1. The SMILES string of the molecule is COCCNC(=S)N(Cc1ccccc1OC)C1CCCC1. The van der Waals surface area contributed by atoms with Crippen LogP contribution >= 0.6 is 12.2 Å². The molecule has 5 heteroatoms. The van der Waals surface area contributed by atoms with E-state index in [0.29, 0.717) is 12.6 Å². The highest BCUT2D eigenvalue weighted by atomic mass is 32.1. The first-order valence-corrected chi connectivity index (χ1v) is 8.32. The summed E-state index contributed by atoms with van der Waals surface area (Å²) in [4.78, 5) is 2.32. The predicted octanol–water partition coefficient (Wildman–Crippen LogP) is 2.96. The van der Waals surface area contributed by atoms with E-state index in [1.165, 1.54) is 31.2 Å². The highest BCUT2D eigenvalue weighted by Crippen LogP contribution is 2.27. The molecule has 0 atom stereocenters. The fourth-order valence-electron chi connectivity index (χ4n) is 2.96. The Hall–Kier alpha value is -1.33. The minimum absolute atomic E-state index is 0.521. The van der Waals surface area contributed by atoms with Gasteiger partial charge in [0, 0.05) is 31.8 Å². The molecule has 0 unspecified atom stereocenters. The van der Waals surface area contributed by atoms with Gasteiger partial charge in [-0.2, -0.15) is 0 Å². The smallest absolute Gasteiger partial charge is 0.169 e. The average molecular weight is 322 g/mol. The zero-order valence-corrected chi connectivity index (χ0v) is 14.3. The van der Waals surface area contributed by atoms with E-state index >= 15 is 0 Å². The second kappa shape index (κ2) is 8.96. The lowest BCUT2D eigenvalue weighted by Gasteiger charge is -2.32. The van der Waals surface area contributed by atoms with Gasteiger partial charge in [-0.1, -0.05) is 31.0 Å². The summed E-state index contributed by atoms with van der Waals surface area (Å²) in [6.07, 6.45) is 4.99. The monoisotopic (exact) mass is 322 g/mol. The van der Waals surface area contributed by atoms with Gasteiger partial charge in [0.2, 0.25) is 0 Å². The molecule has 22 heavy (non-hydrogen) atoms. The Labute approximate surface area is 138 Å². The minimum Gasteiger partial charge on any atom is -0.496 e. The number of nitrogens with one attached hydrogen (secondary N) is 1. The number of thiocarbonyl (C=S) groups is 1. The summed E-state index contributed by atoms with van der Waals surface area (Å²) in [5.41, 5.74) is 1.17. The van der Waals surface area contributed by atoms with Gasteiger partial charge in [0.05, 0.1) is 13.7 Å². The maximum Gasteiger partial charge on any atom is 0.169 e. The van der Waals surface area contributed by atoms with Crippen molar-refractivity contribution in [2.24, 2.45) is 0 Å². The first-order chi connectivity index (χ1) is 10.8. The first kappa shape index (κ1) is 17.0. The third kappa shape index (κ3) is 4.58. The van der Waals surface area contributed by atoms with Gasteiger partial charge in [0.25, 0.3) is 0 Å². The maximum atomic E-state index is 5.62. The van der Waals surface area contributed by atoms with Crippen molar-refractivity contribution in [2.45, 2.75) is 38.3 Å². The summed E-state index contributed by atoms with van der Waals surface area (Å²) in [5.74, 6) is 0.921. The van der Waals surface area contributed by atoms with E-state index in [9.17, 15) is 0 Å². The molecular formula is C17H26N2O2S. The van der Waals surface area contributed by atoms with Crippen LogP contribution in [0.3, 0.4) is 0 Å². The second-order valence-electron chi connectivity index (χ2n) is 5.60. The van der Waals surface area contributed by atoms with E-state index in [2.05, 4.69) is 16.3 Å². The van der Waals surface area contributed by atoms with Gasteiger partial charge in [-0.25, -0.2) is 0 Å². The lowest BCUT2D eigenvalue weighted by molar-refractivity contribution is 0.201. The molecule has 0 aliphatic heterocycles. The third-order valence-electron chi connectivity index (χ3n) is 4.14. The van der Waals surface area contributed by atoms with Crippen molar-refractivity contribution in [3.63, 3.8) is 0 Å². The minimum atomic E-state index is 0.521. The fourth-order valence-corrected chi connectivity index (χ4v) is 3.28. The summed E-state index contributed by atoms with van der Waals surface area (Å²) in [6, 6.07) is 8.68. The van der Waals surface area contributed by atoms with Crippen LogP contribution in [0.1, 0.15) is 31.2 Å². The largest absolute Gasteiger partial charge is 0.496 e. The molecule has 1 N–H and O–H groups in total. The van der Waals surface area contributed by atoms with E-state index in [1.807, 2.05) is 18.2 Å². The molecule has 0 amide bonds. The van der Waals surface area contributed by atoms with Gasteiger partial charge in [-0.3, -0.25) is 0 Å². The molecule has 2 rings (SSSR count). The van der Waals surface area contributed by atoms with E-state index < -0.39 is 0 Å². The Balaban J connectivity index is 2.08. The zero-order valence-electron chi connectivity index (χ0n) is 13.5. The van der Waals surface area contributed by atoms with Gasteiger partial charge >= 0.3 is 0 Å². The summed E-state index contributed by atoms with van der Waals surface area (Å²) < 4.78 is 10.6. The Kier molecular flexibility index (Phi) is 6.93. The predicted molar refractivity (Wildman–Crippen MR) is 93.3 cm³/mol. The Morgan fingerprint density at radius 2 is 2.00 bits per heavy atom. The van der Waals surface area contributed by atoms with Crippen molar-refractivity contribution in [2.75, 3.05) is 27.4 Å². The molecule has 4 nitrogen and oxygen atoms in total. The van der Waals surface area contributed by atoms with Gasteiger partial charge in [-0.05, 0) is 31.1 Å². The summed E-state index contributed by atoms with van der Waals surface area (Å²) in [5, 5.41) is 4.12. The van der Waals surface area contributed by atoms with Gasteiger partial charge in [0.1, 0.15) is 5.75 Å². The molecule has 0 radical (unpaired) electrons. The number of nitrogens with zero attached hydrogens (tertiary/aromatic N) is 1. The molecule has 1 aliphatic rings. The van der Waals surface area contributed by atoms with Crippen LogP contribution in [0.5, 0.6) is 5.75 Å². The summed E-state index contributed by atoms with van der Waals surface area (Å²) >= 11 is 5.62. The van der Waals surface area contributed by atoms with Gasteiger partial charge < -0.3 is 19.7 Å². The number of methoxy groups -OCH3 is 2. The van der Waals surface area contributed by atoms with Crippen molar-refractivity contribution in [3.8, 4) is 5.75 Å². The van der Waals surface area contributed by atoms with E-state index in [1.54, 1.807) is 14.2 Å². The Morgan fingerprint density at radius 3 is 2.68 bits per heavy atom. The first-order valence-electron chi connectivity index (χ1n) is 7.91. The molecule has 0 aromatic heterocycles. The number of para-hydroxylation sites is 1. The topological polar surface area (TPSA) is 33.7 Å². The van der Waals surface area contributed by atoms with Crippen LogP contribution < -0.4 is 10.1 Å². The Morgan fingerprint density at radius 1 is 1.27 bits per heavy atom. The molecule has 0 bridgehead atoms. The van der Waals surface area contributed by atoms with Crippen LogP contribution in [0.25, 0.3) is 0 Å². The lowest BCUT2D eigenvalue weighted by Crippen LogP contribution is -2.45. The highest BCUT2D eigenvalue weighted by Gasteiger charge is 2.25. The van der Waals surface area contributed by atoms with Crippen LogP contribution in [0, 0.1) is 0 Å². The molecule has 1 fully saturated rings. The van der Waals surface area contributed by atoms with E-state index in [0.717, 1.165) is 24.0 Å². The third-order valence-corrected chi connectivity index (χ3v) is 4.52. The standard InChI is InChI=1S/C17H26N2O2S/c1-20-12-11-18-17(22)19(15-8-4-5-9-15)13-14-7-3-6-10-16(14)21-2/h3,6-7,10,15H,4-5,8-9,11-13H2,1-2H3,(H,18,22). The number of ether oxygens (including phenoxy) is 2. The second-order valence-corrected chi connectivity index (χ2v) is 5.99. The van der Waals surface area contributed by atoms with Crippen molar-refractivity contribution >= 4 is 17.3 Å². The maximum absolute atomic E-state index is 5.62. The number of hydrogen-bond donors (Lipinski definition) is 1. The normalized spacial score (nSPS) is 14.8. The van der Waals surface area contributed by atoms with Crippen LogP contribution in [0.2, 0.25) is 0 Å². The van der Waals surface area contributed by atoms with Gasteiger partial charge in [-0.15, -0.1) is 0 Å². The fraction of sp³-hybridized carbons (Fsp3) is 0.588. The zero-order chi connectivity index (χ0) is 15.8. The molecule has 0 spiro atoms. The Bertz CT molecular complexity index is 475. The number of hydrogen-bond acceptors (Lipinski definition) is 3. The van der Waals surface area contributed by atoms with Crippen LogP contribution in [0.4, 0.5) is 0 Å². The van der Waals surface area contributed by atoms with Crippen LogP contribution in [-0.2, 0) is 11.3 Å². The van der Waals surface area contributed by atoms with Crippen molar-refractivity contribution < 1.29 is 9.47 Å². The van der Waals surface area contributed by atoms with E-state index in [4.69, 9.17) is 21.7 Å². The van der Waals surface area contributed by atoms with Crippen molar-refractivity contribution in [1.82, 2.24) is 10.2 Å². The van der Waals surface area contributed by atoms with Crippen molar-refractivity contribution in [3.05, 3.63) is 29.8 Å². The molecule has 1 aromatic rings.